The van der Waals surface area contributed by atoms with Gasteiger partial charge in [-0.1, -0.05) is 39.4 Å². The Morgan fingerprint density at radius 1 is 1.24 bits per heavy atom. The van der Waals surface area contributed by atoms with Crippen LogP contribution in [0.2, 0.25) is 0 Å². The molecular weight excluding hydrogens is 450 g/mol. The SMILES string of the molecule is Cc1ccc2sc(N(CCN3CCOCC3)C(=O)c3cccc(Br)c3)nc2c1C. The van der Waals surface area contributed by atoms with Gasteiger partial charge in [-0.2, -0.15) is 0 Å². The number of aromatic nitrogens is 1. The first-order chi connectivity index (χ1) is 14.0. The van der Waals surface area contributed by atoms with Crippen molar-refractivity contribution >= 4 is 48.5 Å². The minimum atomic E-state index is -0.0204. The minimum Gasteiger partial charge on any atom is -0.379 e. The highest BCUT2D eigenvalue weighted by Gasteiger charge is 2.23. The molecule has 29 heavy (non-hydrogen) atoms. The van der Waals surface area contributed by atoms with E-state index in [4.69, 9.17) is 9.72 Å². The highest BCUT2D eigenvalue weighted by molar-refractivity contribution is 9.10. The number of nitrogens with zero attached hydrogens (tertiary/aromatic N) is 3. The Balaban J connectivity index is 1.67. The number of halogens is 1. The molecule has 0 unspecified atom stereocenters. The maximum atomic E-state index is 13.4. The zero-order valence-electron chi connectivity index (χ0n) is 16.7. The second-order valence-electron chi connectivity index (χ2n) is 7.27. The number of benzene rings is 2. The molecule has 0 saturated carbocycles. The predicted octanol–water partition coefficient (Wildman–Crippen LogP) is 4.65. The molecule has 1 aliphatic rings. The fraction of sp³-hybridized carbons (Fsp3) is 0.364. The first-order valence-corrected chi connectivity index (χ1v) is 11.4. The summed E-state index contributed by atoms with van der Waals surface area (Å²) in [6.45, 7) is 8.89. The van der Waals surface area contributed by atoms with Crippen LogP contribution in [0, 0.1) is 13.8 Å². The van der Waals surface area contributed by atoms with Crippen LogP contribution < -0.4 is 4.90 Å². The molecule has 1 amide bonds. The van der Waals surface area contributed by atoms with Gasteiger partial charge in [0.05, 0.1) is 23.4 Å². The van der Waals surface area contributed by atoms with Crippen LogP contribution in [0.3, 0.4) is 0 Å². The Morgan fingerprint density at radius 2 is 2.03 bits per heavy atom. The van der Waals surface area contributed by atoms with Crippen molar-refractivity contribution in [2.75, 3.05) is 44.3 Å². The van der Waals surface area contributed by atoms with Crippen molar-refractivity contribution < 1.29 is 9.53 Å². The van der Waals surface area contributed by atoms with Gasteiger partial charge < -0.3 is 4.74 Å². The van der Waals surface area contributed by atoms with E-state index in [0.29, 0.717) is 12.1 Å². The molecule has 1 saturated heterocycles. The maximum absolute atomic E-state index is 13.4. The van der Waals surface area contributed by atoms with Crippen molar-refractivity contribution in [3.63, 3.8) is 0 Å². The molecule has 0 atom stereocenters. The summed E-state index contributed by atoms with van der Waals surface area (Å²) in [5, 5.41) is 0.756. The lowest BCUT2D eigenvalue weighted by atomic mass is 10.1. The maximum Gasteiger partial charge on any atom is 0.260 e. The number of thiazole rings is 1. The second-order valence-corrected chi connectivity index (χ2v) is 9.20. The smallest absolute Gasteiger partial charge is 0.260 e. The lowest BCUT2D eigenvalue weighted by molar-refractivity contribution is 0.0391. The molecule has 1 fully saturated rings. The van der Waals surface area contributed by atoms with Crippen molar-refractivity contribution in [3.8, 4) is 0 Å². The first kappa shape index (κ1) is 20.5. The summed E-state index contributed by atoms with van der Waals surface area (Å²) < 4.78 is 7.46. The average Bonchev–Trinajstić information content (AvgIpc) is 3.16. The lowest BCUT2D eigenvalue weighted by Crippen LogP contribution is -2.43. The molecule has 3 aromatic rings. The molecule has 5 nitrogen and oxygen atoms in total. The molecule has 0 bridgehead atoms. The van der Waals surface area contributed by atoms with Gasteiger partial charge in [0.2, 0.25) is 0 Å². The molecule has 4 rings (SSSR count). The number of aryl methyl sites for hydroxylation is 2. The number of carbonyl (C=O) groups is 1. The predicted molar refractivity (Wildman–Crippen MR) is 122 cm³/mol. The molecule has 0 aliphatic carbocycles. The summed E-state index contributed by atoms with van der Waals surface area (Å²) in [4.78, 5) is 22.5. The van der Waals surface area contributed by atoms with Crippen LogP contribution in [0.1, 0.15) is 21.5 Å². The van der Waals surface area contributed by atoms with Gasteiger partial charge in [-0.15, -0.1) is 0 Å². The lowest BCUT2D eigenvalue weighted by Gasteiger charge is -2.29. The van der Waals surface area contributed by atoms with E-state index in [1.807, 2.05) is 29.2 Å². The number of carbonyl (C=O) groups excluding carboxylic acids is 1. The van der Waals surface area contributed by atoms with Crippen molar-refractivity contribution in [3.05, 3.63) is 57.6 Å². The minimum absolute atomic E-state index is 0.0204. The first-order valence-electron chi connectivity index (χ1n) is 9.77. The van der Waals surface area contributed by atoms with E-state index in [0.717, 1.165) is 52.7 Å². The fourth-order valence-electron chi connectivity index (χ4n) is 3.46. The van der Waals surface area contributed by atoms with Crippen LogP contribution in [0.25, 0.3) is 10.2 Å². The number of fused-ring (bicyclic) bond motifs is 1. The fourth-order valence-corrected chi connectivity index (χ4v) is 4.91. The van der Waals surface area contributed by atoms with Crippen LogP contribution in [-0.2, 0) is 4.74 Å². The molecule has 0 radical (unpaired) electrons. The van der Waals surface area contributed by atoms with E-state index in [-0.39, 0.29) is 5.91 Å². The topological polar surface area (TPSA) is 45.7 Å². The highest BCUT2D eigenvalue weighted by atomic mass is 79.9. The van der Waals surface area contributed by atoms with Crippen LogP contribution in [0.4, 0.5) is 5.13 Å². The summed E-state index contributed by atoms with van der Waals surface area (Å²) in [7, 11) is 0. The van der Waals surface area contributed by atoms with Crippen molar-refractivity contribution in [2.45, 2.75) is 13.8 Å². The molecular formula is C22H24BrN3O2S. The third-order valence-electron chi connectivity index (χ3n) is 5.36. The van der Waals surface area contributed by atoms with Gasteiger partial charge in [-0.25, -0.2) is 4.98 Å². The third kappa shape index (κ3) is 4.53. The van der Waals surface area contributed by atoms with Gasteiger partial charge in [-0.3, -0.25) is 14.6 Å². The zero-order valence-corrected chi connectivity index (χ0v) is 19.1. The van der Waals surface area contributed by atoms with Gasteiger partial charge in [0.25, 0.3) is 5.91 Å². The molecule has 0 spiro atoms. The van der Waals surface area contributed by atoms with Gasteiger partial charge in [0.15, 0.2) is 5.13 Å². The molecule has 7 heteroatoms. The van der Waals surface area contributed by atoms with E-state index in [1.54, 1.807) is 11.3 Å². The molecule has 0 N–H and O–H groups in total. The Hall–Kier alpha value is -1.80. The number of ether oxygens (including phenoxy) is 1. The number of anilines is 1. The van der Waals surface area contributed by atoms with Crippen molar-refractivity contribution in [1.29, 1.82) is 0 Å². The Bertz CT molecular complexity index is 1030. The van der Waals surface area contributed by atoms with Crippen molar-refractivity contribution in [2.24, 2.45) is 0 Å². The van der Waals surface area contributed by atoms with E-state index in [1.165, 1.54) is 11.1 Å². The molecule has 1 aliphatic heterocycles. The monoisotopic (exact) mass is 473 g/mol. The summed E-state index contributed by atoms with van der Waals surface area (Å²) in [5.74, 6) is -0.0204. The Kier molecular flexibility index (Phi) is 6.29. The Morgan fingerprint density at radius 3 is 2.79 bits per heavy atom. The number of amides is 1. The van der Waals surface area contributed by atoms with Gasteiger partial charge in [0, 0.05) is 36.2 Å². The zero-order chi connectivity index (χ0) is 20.4. The molecule has 2 aromatic carbocycles. The second kappa shape index (κ2) is 8.92. The van der Waals surface area contributed by atoms with Gasteiger partial charge >= 0.3 is 0 Å². The summed E-state index contributed by atoms with van der Waals surface area (Å²) >= 11 is 5.06. The third-order valence-corrected chi connectivity index (χ3v) is 6.90. The van der Waals surface area contributed by atoms with E-state index >= 15 is 0 Å². The van der Waals surface area contributed by atoms with Crippen LogP contribution in [0.5, 0.6) is 0 Å². The van der Waals surface area contributed by atoms with E-state index < -0.39 is 0 Å². The number of hydrogen-bond donors (Lipinski definition) is 0. The summed E-state index contributed by atoms with van der Waals surface area (Å²) in [6.07, 6.45) is 0. The summed E-state index contributed by atoms with van der Waals surface area (Å²) in [6, 6.07) is 11.8. The number of rotatable bonds is 5. The molecule has 152 valence electrons. The molecule has 1 aromatic heterocycles. The van der Waals surface area contributed by atoms with Gasteiger partial charge in [0.1, 0.15) is 0 Å². The quantitative estimate of drug-likeness (QED) is 0.540. The van der Waals surface area contributed by atoms with Crippen molar-refractivity contribution in [1.82, 2.24) is 9.88 Å². The standard InChI is InChI=1S/C22H24BrN3O2S/c1-15-6-7-19-20(16(15)2)24-22(29-19)26(9-8-25-10-12-28-13-11-25)21(27)17-4-3-5-18(23)14-17/h3-7,14H,8-13H2,1-2H3. The van der Waals surface area contributed by atoms with E-state index in [9.17, 15) is 4.79 Å². The highest BCUT2D eigenvalue weighted by Crippen LogP contribution is 2.32. The van der Waals surface area contributed by atoms with Crippen LogP contribution >= 0.6 is 27.3 Å². The Labute approximate surface area is 183 Å². The number of morpholine rings is 1. The largest absolute Gasteiger partial charge is 0.379 e. The normalized spacial score (nSPS) is 15.0. The average molecular weight is 474 g/mol. The van der Waals surface area contributed by atoms with Gasteiger partial charge in [-0.05, 0) is 49.2 Å². The van der Waals surface area contributed by atoms with E-state index in [2.05, 4.69) is 46.8 Å². The van der Waals surface area contributed by atoms with Crippen LogP contribution in [-0.4, -0.2) is 55.2 Å². The summed E-state index contributed by atoms with van der Waals surface area (Å²) in [5.41, 5.74) is 4.04. The number of hydrogen-bond acceptors (Lipinski definition) is 5. The van der Waals surface area contributed by atoms with Crippen LogP contribution in [0.15, 0.2) is 40.9 Å². The molecule has 2 heterocycles.